The summed E-state index contributed by atoms with van der Waals surface area (Å²) in [4.78, 5) is 38.9. The van der Waals surface area contributed by atoms with E-state index >= 15 is 0 Å². The number of rotatable bonds is 8. The maximum atomic E-state index is 11.6. The van der Waals surface area contributed by atoms with E-state index in [0.29, 0.717) is 32.3 Å². The molecule has 36 heavy (non-hydrogen) atoms. The molecule has 1 saturated heterocycles. The van der Waals surface area contributed by atoms with Gasteiger partial charge in [0.05, 0.1) is 22.2 Å². The van der Waals surface area contributed by atoms with Gasteiger partial charge in [-0.25, -0.2) is 4.98 Å². The first kappa shape index (κ1) is 31.3. The second kappa shape index (κ2) is 16.1. The van der Waals surface area contributed by atoms with Crippen LogP contribution in [0.4, 0.5) is 0 Å². The number of nitrogens with two attached hydrogens (primary N) is 1. The van der Waals surface area contributed by atoms with E-state index in [2.05, 4.69) is 43.2 Å². The summed E-state index contributed by atoms with van der Waals surface area (Å²) in [5, 5.41) is 11.9. The molecule has 1 aliphatic heterocycles. The highest BCUT2D eigenvalue weighted by Crippen LogP contribution is 2.27. The van der Waals surface area contributed by atoms with E-state index in [9.17, 15) is 19.5 Å². The Labute approximate surface area is 219 Å². The van der Waals surface area contributed by atoms with Crippen molar-refractivity contribution in [1.29, 1.82) is 0 Å². The second-order valence-electron chi connectivity index (χ2n) is 10.1. The largest absolute Gasteiger partial charge is 0.391 e. The topological polar surface area (TPSA) is 126 Å². The first-order valence-electron chi connectivity index (χ1n) is 12.4. The molecule has 2 aromatic rings. The number of amides is 3. The number of primary amides is 1. The fourth-order valence-electron chi connectivity index (χ4n) is 3.40. The van der Waals surface area contributed by atoms with Crippen LogP contribution in [0.25, 0.3) is 10.4 Å². The summed E-state index contributed by atoms with van der Waals surface area (Å²) in [6.07, 6.45) is 4.22. The van der Waals surface area contributed by atoms with E-state index in [1.54, 1.807) is 16.2 Å². The van der Waals surface area contributed by atoms with Crippen LogP contribution in [-0.2, 0) is 20.9 Å². The quantitative estimate of drug-likeness (QED) is 0.455. The van der Waals surface area contributed by atoms with Gasteiger partial charge in [0.2, 0.25) is 18.2 Å². The molecular formula is C27H42N4O4S. The van der Waals surface area contributed by atoms with E-state index in [4.69, 9.17) is 5.73 Å². The van der Waals surface area contributed by atoms with Gasteiger partial charge in [-0.15, -0.1) is 11.3 Å². The smallest absolute Gasteiger partial charge is 0.223 e. The fraction of sp³-hybridized carbons (Fsp3) is 0.556. The molecule has 3 rings (SSSR count). The zero-order valence-electron chi connectivity index (χ0n) is 22.3. The van der Waals surface area contributed by atoms with Crippen molar-refractivity contribution in [3.8, 4) is 10.4 Å². The number of aromatic nitrogens is 1. The third-order valence-corrected chi connectivity index (χ3v) is 6.30. The number of aliphatic hydroxyl groups is 1. The number of carbonyl (C=O) groups excluding carboxylic acids is 3. The molecule has 2 heterocycles. The van der Waals surface area contributed by atoms with Crippen molar-refractivity contribution in [1.82, 2.24) is 15.2 Å². The van der Waals surface area contributed by atoms with Crippen molar-refractivity contribution < 1.29 is 19.5 Å². The monoisotopic (exact) mass is 518 g/mol. The van der Waals surface area contributed by atoms with Crippen molar-refractivity contribution in [2.75, 3.05) is 13.1 Å². The average Bonchev–Trinajstić information content (AvgIpc) is 3.44. The number of likely N-dealkylation sites (tertiary alicyclic amines) is 1. The molecule has 200 valence electrons. The number of nitrogens with zero attached hydrogens (tertiary/aromatic N) is 2. The molecule has 3 amide bonds. The normalized spacial score (nSPS) is 14.7. The number of hydrogen-bond donors (Lipinski definition) is 3. The van der Waals surface area contributed by atoms with E-state index in [-0.39, 0.29) is 23.3 Å². The molecule has 1 aliphatic rings. The molecule has 1 aromatic heterocycles. The summed E-state index contributed by atoms with van der Waals surface area (Å²) < 4.78 is 0. The van der Waals surface area contributed by atoms with Crippen molar-refractivity contribution in [3.05, 3.63) is 41.0 Å². The number of benzene rings is 1. The number of aryl methyl sites for hydroxylation is 1. The molecule has 1 aromatic carbocycles. The van der Waals surface area contributed by atoms with Crippen LogP contribution in [0.1, 0.15) is 71.1 Å². The molecular weight excluding hydrogens is 476 g/mol. The number of thiazole rings is 1. The van der Waals surface area contributed by atoms with Crippen molar-refractivity contribution in [2.24, 2.45) is 11.1 Å². The molecule has 0 saturated carbocycles. The zero-order valence-corrected chi connectivity index (χ0v) is 23.1. The summed E-state index contributed by atoms with van der Waals surface area (Å²) in [6.45, 7) is 12.0. The molecule has 1 atom stereocenters. The Kier molecular flexibility index (Phi) is 13.9. The van der Waals surface area contributed by atoms with E-state index in [0.717, 1.165) is 37.1 Å². The molecule has 4 N–H and O–H groups in total. The molecule has 0 aliphatic carbocycles. The van der Waals surface area contributed by atoms with Crippen molar-refractivity contribution in [2.45, 2.75) is 79.4 Å². The first-order valence-corrected chi connectivity index (χ1v) is 13.2. The standard InChI is InChI=1S/C12H12N2OS.C10H19NO2.C5H11NO/c1-9-12(16-8-14-9)11-4-2-10(3-5-11)6-13-7-15;1-10(2,3)6-9(13)11-5-4-8(12)7-11;1-2-3-4-5(6)7/h2-5,7-8H,6H2,1H3,(H,13,15);8,12H,4-7H2,1-3H3;2-4H2,1H3,(H2,6,7). The Morgan fingerprint density at radius 1 is 1.28 bits per heavy atom. The van der Waals surface area contributed by atoms with Crippen LogP contribution in [0.5, 0.6) is 0 Å². The summed E-state index contributed by atoms with van der Waals surface area (Å²) in [6, 6.07) is 8.15. The highest BCUT2D eigenvalue weighted by atomic mass is 32.1. The molecule has 8 nitrogen and oxygen atoms in total. The molecule has 1 unspecified atom stereocenters. The predicted octanol–water partition coefficient (Wildman–Crippen LogP) is 4.04. The van der Waals surface area contributed by atoms with Crippen molar-refractivity contribution in [3.63, 3.8) is 0 Å². The highest BCUT2D eigenvalue weighted by molar-refractivity contribution is 7.13. The van der Waals surface area contributed by atoms with Crippen LogP contribution >= 0.6 is 11.3 Å². The second-order valence-corrected chi connectivity index (χ2v) is 10.9. The number of β-amino-alcohol motifs (C(OH)–C–C–N with tert-alkyl or cyclic N) is 1. The van der Waals surface area contributed by atoms with Gasteiger partial charge in [-0.2, -0.15) is 0 Å². The summed E-state index contributed by atoms with van der Waals surface area (Å²) in [5.74, 6) is -0.0223. The third-order valence-electron chi connectivity index (χ3n) is 5.33. The lowest BCUT2D eigenvalue weighted by Gasteiger charge is -2.22. The highest BCUT2D eigenvalue weighted by Gasteiger charge is 2.27. The van der Waals surface area contributed by atoms with Crippen molar-refractivity contribution >= 4 is 29.6 Å². The van der Waals surface area contributed by atoms with Gasteiger partial charge in [-0.05, 0) is 36.3 Å². The minimum atomic E-state index is -0.302. The van der Waals surface area contributed by atoms with Gasteiger partial charge in [0.25, 0.3) is 0 Å². The maximum absolute atomic E-state index is 11.6. The number of aliphatic hydroxyl groups excluding tert-OH is 1. The van der Waals surface area contributed by atoms with E-state index < -0.39 is 0 Å². The number of hydrogen-bond acceptors (Lipinski definition) is 6. The molecule has 1 fully saturated rings. The Balaban J connectivity index is 0.000000292. The Bertz CT molecular complexity index is 938. The van der Waals surface area contributed by atoms with Crippen LogP contribution < -0.4 is 11.1 Å². The number of unbranched alkanes of at least 4 members (excludes halogenated alkanes) is 1. The molecule has 0 bridgehead atoms. The lowest BCUT2D eigenvalue weighted by atomic mass is 9.92. The van der Waals surface area contributed by atoms with Crippen LogP contribution in [0.15, 0.2) is 29.8 Å². The molecule has 9 heteroatoms. The third kappa shape index (κ3) is 12.8. The first-order chi connectivity index (χ1) is 17.0. The number of nitrogens with one attached hydrogen (secondary N) is 1. The summed E-state index contributed by atoms with van der Waals surface area (Å²) in [5.41, 5.74) is 10.1. The van der Waals surface area contributed by atoms with Gasteiger partial charge >= 0.3 is 0 Å². The predicted molar refractivity (Wildman–Crippen MR) is 145 cm³/mol. The van der Waals surface area contributed by atoms with Gasteiger partial charge in [0, 0.05) is 32.5 Å². The Hall–Kier alpha value is -2.78. The van der Waals surface area contributed by atoms with Crippen LogP contribution in [0.3, 0.4) is 0 Å². The van der Waals surface area contributed by atoms with Gasteiger partial charge in [0.15, 0.2) is 0 Å². The lowest BCUT2D eigenvalue weighted by Crippen LogP contribution is -2.32. The van der Waals surface area contributed by atoms with Gasteiger partial charge < -0.3 is 21.1 Å². The molecule has 0 spiro atoms. The summed E-state index contributed by atoms with van der Waals surface area (Å²) in [7, 11) is 0. The van der Waals surface area contributed by atoms with Gasteiger partial charge in [-0.1, -0.05) is 58.4 Å². The van der Waals surface area contributed by atoms with Gasteiger partial charge in [-0.3, -0.25) is 14.4 Å². The number of carbonyl (C=O) groups is 3. The minimum Gasteiger partial charge on any atom is -0.391 e. The SMILES string of the molecule is CC(C)(C)CC(=O)N1CCC(O)C1.CCCCC(N)=O.Cc1ncsc1-c1ccc(CNC=O)cc1. The van der Waals surface area contributed by atoms with Crippen LogP contribution in [0.2, 0.25) is 0 Å². The zero-order chi connectivity index (χ0) is 27.1. The van der Waals surface area contributed by atoms with E-state index in [1.165, 1.54) is 10.4 Å². The van der Waals surface area contributed by atoms with E-state index in [1.807, 2.05) is 31.5 Å². The minimum absolute atomic E-state index is 0.0463. The Morgan fingerprint density at radius 2 is 1.94 bits per heavy atom. The lowest BCUT2D eigenvalue weighted by molar-refractivity contribution is -0.132. The van der Waals surface area contributed by atoms with Crippen LogP contribution in [-0.4, -0.2) is 52.4 Å². The Morgan fingerprint density at radius 3 is 2.36 bits per heavy atom. The molecule has 0 radical (unpaired) electrons. The average molecular weight is 519 g/mol. The van der Waals surface area contributed by atoms with Crippen LogP contribution in [0, 0.1) is 12.3 Å². The maximum Gasteiger partial charge on any atom is 0.223 e. The van der Waals surface area contributed by atoms with Gasteiger partial charge in [0.1, 0.15) is 0 Å². The fourth-order valence-corrected chi connectivity index (χ4v) is 4.21. The summed E-state index contributed by atoms with van der Waals surface area (Å²) >= 11 is 1.64.